The van der Waals surface area contributed by atoms with Crippen LogP contribution in [0.2, 0.25) is 0 Å². The van der Waals surface area contributed by atoms with Crippen molar-refractivity contribution in [2.24, 2.45) is 0 Å². The summed E-state index contributed by atoms with van der Waals surface area (Å²) >= 11 is 0. The van der Waals surface area contributed by atoms with Crippen LogP contribution >= 0.6 is 0 Å². The van der Waals surface area contributed by atoms with Crippen molar-refractivity contribution in [1.82, 2.24) is 20.4 Å². The summed E-state index contributed by atoms with van der Waals surface area (Å²) in [6, 6.07) is 5.59. The number of morpholine rings is 1. The second kappa shape index (κ2) is 7.33. The lowest BCUT2D eigenvalue weighted by atomic mass is 10.1. The average Bonchev–Trinajstić information content (AvgIpc) is 2.97. The Morgan fingerprint density at radius 2 is 2.16 bits per heavy atom. The van der Waals surface area contributed by atoms with Crippen molar-refractivity contribution in [3.05, 3.63) is 47.5 Å². The Labute approximate surface area is 146 Å². The SMILES string of the molecule is Cc1c(C(C)NC(=O)[C@H]2NCCO[C@@H]2C)cnn1-c1ccc(F)cc1. The van der Waals surface area contributed by atoms with Crippen LogP contribution in [0.15, 0.2) is 30.5 Å². The number of carbonyl (C=O) groups is 1. The summed E-state index contributed by atoms with van der Waals surface area (Å²) in [5, 5.41) is 10.6. The van der Waals surface area contributed by atoms with Crippen molar-refractivity contribution in [2.75, 3.05) is 13.2 Å². The molecular weight excluding hydrogens is 323 g/mol. The lowest BCUT2D eigenvalue weighted by Crippen LogP contribution is -2.55. The molecule has 0 radical (unpaired) electrons. The molecule has 1 aromatic carbocycles. The maximum atomic E-state index is 13.1. The number of ether oxygens (including phenoxy) is 1. The van der Waals surface area contributed by atoms with Gasteiger partial charge in [0.2, 0.25) is 5.91 Å². The van der Waals surface area contributed by atoms with Crippen LogP contribution in [0.1, 0.15) is 31.1 Å². The Balaban J connectivity index is 1.73. The van der Waals surface area contributed by atoms with E-state index in [4.69, 9.17) is 4.74 Å². The van der Waals surface area contributed by atoms with E-state index < -0.39 is 0 Å². The number of benzene rings is 1. The molecule has 1 saturated heterocycles. The number of amides is 1. The van der Waals surface area contributed by atoms with Crippen LogP contribution in [-0.2, 0) is 9.53 Å². The summed E-state index contributed by atoms with van der Waals surface area (Å²) in [5.41, 5.74) is 2.60. The second-order valence-electron chi connectivity index (χ2n) is 6.31. The molecule has 1 amide bonds. The molecule has 1 aromatic heterocycles. The van der Waals surface area contributed by atoms with Crippen molar-refractivity contribution in [3.8, 4) is 5.69 Å². The van der Waals surface area contributed by atoms with Gasteiger partial charge in [-0.25, -0.2) is 9.07 Å². The number of hydrogen-bond donors (Lipinski definition) is 2. The van der Waals surface area contributed by atoms with Gasteiger partial charge in [0, 0.05) is 17.8 Å². The van der Waals surface area contributed by atoms with Crippen LogP contribution in [0, 0.1) is 12.7 Å². The van der Waals surface area contributed by atoms with Gasteiger partial charge >= 0.3 is 0 Å². The fourth-order valence-electron chi connectivity index (χ4n) is 3.10. The Hall–Kier alpha value is -2.25. The van der Waals surface area contributed by atoms with Crippen LogP contribution in [-0.4, -0.2) is 41.0 Å². The average molecular weight is 346 g/mol. The number of aromatic nitrogens is 2. The van der Waals surface area contributed by atoms with Gasteiger partial charge in [-0.1, -0.05) is 0 Å². The van der Waals surface area contributed by atoms with Crippen LogP contribution in [0.5, 0.6) is 0 Å². The van der Waals surface area contributed by atoms with Gasteiger partial charge in [0.05, 0.1) is 30.6 Å². The van der Waals surface area contributed by atoms with E-state index in [1.807, 2.05) is 20.8 Å². The second-order valence-corrected chi connectivity index (χ2v) is 6.31. The third kappa shape index (κ3) is 3.72. The molecule has 2 heterocycles. The quantitative estimate of drug-likeness (QED) is 0.887. The largest absolute Gasteiger partial charge is 0.375 e. The van der Waals surface area contributed by atoms with Gasteiger partial charge in [-0.2, -0.15) is 5.10 Å². The number of nitrogens with zero attached hydrogens (tertiary/aromatic N) is 2. The van der Waals surface area contributed by atoms with Gasteiger partial charge in [0.15, 0.2) is 0 Å². The fourth-order valence-corrected chi connectivity index (χ4v) is 3.10. The molecule has 1 unspecified atom stereocenters. The number of nitrogens with one attached hydrogen (secondary N) is 2. The summed E-state index contributed by atoms with van der Waals surface area (Å²) in [6.07, 6.45) is 1.57. The minimum absolute atomic E-state index is 0.0892. The maximum absolute atomic E-state index is 13.1. The molecule has 2 aromatic rings. The van der Waals surface area contributed by atoms with Gasteiger partial charge in [-0.3, -0.25) is 4.79 Å². The number of rotatable bonds is 4. The Bertz CT molecular complexity index is 744. The molecule has 3 rings (SSSR count). The summed E-state index contributed by atoms with van der Waals surface area (Å²) in [7, 11) is 0. The molecule has 0 aliphatic carbocycles. The number of halogens is 1. The molecule has 0 saturated carbocycles. The first-order valence-electron chi connectivity index (χ1n) is 8.43. The maximum Gasteiger partial charge on any atom is 0.240 e. The summed E-state index contributed by atoms with van der Waals surface area (Å²) in [5.74, 6) is -0.376. The van der Waals surface area contributed by atoms with E-state index >= 15 is 0 Å². The van der Waals surface area contributed by atoms with Gasteiger partial charge in [-0.15, -0.1) is 0 Å². The molecule has 6 nitrogen and oxygen atoms in total. The van der Waals surface area contributed by atoms with Crippen molar-refractivity contribution >= 4 is 5.91 Å². The third-order valence-corrected chi connectivity index (χ3v) is 4.54. The van der Waals surface area contributed by atoms with Crippen LogP contribution in [0.3, 0.4) is 0 Å². The minimum Gasteiger partial charge on any atom is -0.375 e. The van der Waals surface area contributed by atoms with E-state index in [0.29, 0.717) is 13.2 Å². The first-order valence-corrected chi connectivity index (χ1v) is 8.43. The summed E-state index contributed by atoms with van der Waals surface area (Å²) in [4.78, 5) is 12.5. The van der Waals surface area contributed by atoms with Crippen molar-refractivity contribution < 1.29 is 13.9 Å². The minimum atomic E-state index is -0.358. The number of hydrogen-bond acceptors (Lipinski definition) is 4. The topological polar surface area (TPSA) is 68.2 Å². The van der Waals surface area contributed by atoms with Crippen LogP contribution in [0.25, 0.3) is 5.69 Å². The van der Waals surface area contributed by atoms with E-state index in [1.54, 1.807) is 23.0 Å². The summed E-state index contributed by atoms with van der Waals surface area (Å²) < 4.78 is 20.4. The molecule has 1 aliphatic heterocycles. The highest BCUT2D eigenvalue weighted by Crippen LogP contribution is 2.20. The first-order chi connectivity index (χ1) is 12.0. The van der Waals surface area contributed by atoms with Gasteiger partial charge < -0.3 is 15.4 Å². The standard InChI is InChI=1S/C18H23FN4O2/c1-11(22-18(24)17-13(3)25-9-8-20-17)16-10-21-23(12(16)2)15-6-4-14(19)5-7-15/h4-7,10-11,13,17,20H,8-9H2,1-3H3,(H,22,24)/t11?,13-,17+/m1/s1. The van der Waals surface area contributed by atoms with Gasteiger partial charge in [0.1, 0.15) is 11.9 Å². The Morgan fingerprint density at radius 3 is 2.84 bits per heavy atom. The first kappa shape index (κ1) is 17.6. The van der Waals surface area contributed by atoms with E-state index in [9.17, 15) is 9.18 Å². The molecule has 7 heteroatoms. The monoisotopic (exact) mass is 346 g/mol. The van der Waals surface area contributed by atoms with Gasteiger partial charge in [-0.05, 0) is 45.0 Å². The summed E-state index contributed by atoms with van der Waals surface area (Å²) in [6.45, 7) is 7.02. The Morgan fingerprint density at radius 1 is 1.44 bits per heavy atom. The van der Waals surface area contributed by atoms with Gasteiger partial charge in [0.25, 0.3) is 0 Å². The van der Waals surface area contributed by atoms with E-state index in [0.717, 1.165) is 16.9 Å². The molecule has 1 fully saturated rings. The Kier molecular flexibility index (Phi) is 5.15. The zero-order valence-electron chi connectivity index (χ0n) is 14.6. The zero-order chi connectivity index (χ0) is 18.0. The molecule has 2 N–H and O–H groups in total. The molecule has 134 valence electrons. The molecule has 3 atom stereocenters. The lowest BCUT2D eigenvalue weighted by Gasteiger charge is -2.30. The molecule has 25 heavy (non-hydrogen) atoms. The third-order valence-electron chi connectivity index (χ3n) is 4.54. The van der Waals surface area contributed by atoms with Crippen molar-refractivity contribution in [3.63, 3.8) is 0 Å². The molecule has 0 spiro atoms. The number of carbonyl (C=O) groups excluding carboxylic acids is 1. The predicted octanol–water partition coefficient (Wildman–Crippen LogP) is 1.87. The zero-order valence-corrected chi connectivity index (χ0v) is 14.6. The van der Waals surface area contributed by atoms with Crippen molar-refractivity contribution in [1.29, 1.82) is 0 Å². The fraction of sp³-hybridized carbons (Fsp3) is 0.444. The molecular formula is C18H23FN4O2. The normalized spacial score (nSPS) is 21.8. The van der Waals surface area contributed by atoms with E-state index in [-0.39, 0.29) is 29.9 Å². The van der Waals surface area contributed by atoms with Crippen LogP contribution < -0.4 is 10.6 Å². The highest BCUT2D eigenvalue weighted by molar-refractivity contribution is 5.83. The molecule has 0 bridgehead atoms. The van der Waals surface area contributed by atoms with Crippen LogP contribution in [0.4, 0.5) is 4.39 Å². The van der Waals surface area contributed by atoms with E-state index in [1.165, 1.54) is 12.1 Å². The van der Waals surface area contributed by atoms with E-state index in [2.05, 4.69) is 15.7 Å². The smallest absolute Gasteiger partial charge is 0.240 e. The molecule has 1 aliphatic rings. The highest BCUT2D eigenvalue weighted by atomic mass is 19.1. The highest BCUT2D eigenvalue weighted by Gasteiger charge is 2.29. The van der Waals surface area contributed by atoms with Crippen molar-refractivity contribution in [2.45, 2.75) is 39.0 Å². The predicted molar refractivity (Wildman–Crippen MR) is 92.0 cm³/mol. The lowest BCUT2D eigenvalue weighted by molar-refractivity contribution is -0.129.